The first-order chi connectivity index (χ1) is 12.5. The zero-order valence-corrected chi connectivity index (χ0v) is 14.4. The number of amides is 1. The van der Waals surface area contributed by atoms with E-state index in [0.29, 0.717) is 6.54 Å². The summed E-state index contributed by atoms with van der Waals surface area (Å²) in [5.41, 5.74) is 1.74. The first kappa shape index (κ1) is 16.5. The second kappa shape index (κ2) is 6.42. The van der Waals surface area contributed by atoms with E-state index in [2.05, 4.69) is 9.97 Å². The lowest BCUT2D eigenvalue weighted by atomic mass is 10.1. The van der Waals surface area contributed by atoms with Crippen LogP contribution in [0.1, 0.15) is 35.1 Å². The topological polar surface area (TPSA) is 92.1 Å². The summed E-state index contributed by atoms with van der Waals surface area (Å²) in [6, 6.07) is 11.4. The molecule has 1 aliphatic heterocycles. The van der Waals surface area contributed by atoms with Crippen molar-refractivity contribution >= 4 is 34.2 Å². The third-order valence-electron chi connectivity index (χ3n) is 4.63. The van der Waals surface area contributed by atoms with Crippen LogP contribution in [0, 0.1) is 10.1 Å². The maximum atomic E-state index is 13.0. The number of para-hydroxylation sites is 2. The van der Waals surface area contributed by atoms with Crippen molar-refractivity contribution < 1.29 is 9.72 Å². The lowest BCUT2D eigenvalue weighted by Crippen LogP contribution is -2.31. The number of likely N-dealkylation sites (tertiary alicyclic amines) is 1. The quantitative estimate of drug-likeness (QED) is 0.554. The van der Waals surface area contributed by atoms with Gasteiger partial charge in [-0.15, -0.1) is 0 Å². The first-order valence-electron chi connectivity index (χ1n) is 8.24. The molecule has 7 nitrogen and oxygen atoms in total. The largest absolute Gasteiger partial charge is 0.340 e. The predicted octanol–water partition coefficient (Wildman–Crippen LogP) is 4.10. The van der Waals surface area contributed by atoms with Gasteiger partial charge in [-0.1, -0.05) is 23.7 Å². The van der Waals surface area contributed by atoms with Crippen molar-refractivity contribution in [2.75, 3.05) is 6.54 Å². The second-order valence-electron chi connectivity index (χ2n) is 6.22. The molecule has 1 N–H and O–H groups in total. The van der Waals surface area contributed by atoms with Crippen LogP contribution in [0.4, 0.5) is 5.69 Å². The van der Waals surface area contributed by atoms with E-state index in [0.717, 1.165) is 29.7 Å². The minimum absolute atomic E-state index is 0.142. The van der Waals surface area contributed by atoms with E-state index in [1.807, 2.05) is 24.3 Å². The van der Waals surface area contributed by atoms with Crippen molar-refractivity contribution in [1.29, 1.82) is 0 Å². The summed E-state index contributed by atoms with van der Waals surface area (Å²) in [5.74, 6) is 0.403. The SMILES string of the molecule is O=C(c1cc([N+](=O)[O-])ccc1Cl)N1CCCC1c1nc2ccccc2[nH]1. The average Bonchev–Trinajstić information content (AvgIpc) is 3.27. The smallest absolute Gasteiger partial charge is 0.270 e. The fourth-order valence-corrected chi connectivity index (χ4v) is 3.57. The summed E-state index contributed by atoms with van der Waals surface area (Å²) >= 11 is 6.14. The number of carbonyl (C=O) groups is 1. The van der Waals surface area contributed by atoms with E-state index in [9.17, 15) is 14.9 Å². The summed E-state index contributed by atoms with van der Waals surface area (Å²) in [5, 5.41) is 11.2. The van der Waals surface area contributed by atoms with E-state index in [1.54, 1.807) is 4.90 Å². The third kappa shape index (κ3) is 2.80. The van der Waals surface area contributed by atoms with Crippen molar-refractivity contribution in [3.63, 3.8) is 0 Å². The molecular weight excluding hydrogens is 356 g/mol. The summed E-state index contributed by atoms with van der Waals surface area (Å²) in [7, 11) is 0. The molecule has 0 bridgehead atoms. The van der Waals surface area contributed by atoms with E-state index < -0.39 is 4.92 Å². The van der Waals surface area contributed by atoms with E-state index in [-0.39, 0.29) is 28.2 Å². The molecule has 1 aromatic heterocycles. The molecule has 0 radical (unpaired) electrons. The van der Waals surface area contributed by atoms with Crippen molar-refractivity contribution in [1.82, 2.24) is 14.9 Å². The monoisotopic (exact) mass is 370 g/mol. The molecule has 0 aliphatic carbocycles. The number of hydrogen-bond acceptors (Lipinski definition) is 4. The van der Waals surface area contributed by atoms with E-state index in [4.69, 9.17) is 11.6 Å². The number of imidazole rings is 1. The number of aromatic amines is 1. The number of nitro benzene ring substituents is 1. The van der Waals surface area contributed by atoms with Gasteiger partial charge in [-0.25, -0.2) is 4.98 Å². The van der Waals surface area contributed by atoms with Crippen LogP contribution in [0.5, 0.6) is 0 Å². The van der Waals surface area contributed by atoms with Crippen LogP contribution >= 0.6 is 11.6 Å². The van der Waals surface area contributed by atoms with E-state index in [1.165, 1.54) is 18.2 Å². The Bertz CT molecular complexity index is 984. The lowest BCUT2D eigenvalue weighted by molar-refractivity contribution is -0.384. The summed E-state index contributed by atoms with van der Waals surface area (Å²) in [6.45, 7) is 0.555. The molecule has 1 aliphatic rings. The Morgan fingerprint density at radius 3 is 2.88 bits per heavy atom. The standard InChI is InChI=1S/C18H15ClN4O3/c19-13-8-7-11(23(25)26)10-12(13)18(24)22-9-3-6-16(22)17-20-14-4-1-2-5-15(14)21-17/h1-2,4-5,7-8,10,16H,3,6,9H2,(H,20,21). The molecule has 1 saturated heterocycles. The number of H-pyrrole nitrogens is 1. The number of nitrogens with one attached hydrogen (secondary N) is 1. The Labute approximate surface area is 153 Å². The number of hydrogen-bond donors (Lipinski definition) is 1. The van der Waals surface area contributed by atoms with Crippen LogP contribution in [-0.4, -0.2) is 32.2 Å². The molecule has 2 aromatic carbocycles. The van der Waals surface area contributed by atoms with Crippen LogP contribution < -0.4 is 0 Å². The lowest BCUT2D eigenvalue weighted by Gasteiger charge is -2.23. The Hall–Kier alpha value is -2.93. The molecule has 8 heteroatoms. The highest BCUT2D eigenvalue weighted by molar-refractivity contribution is 6.34. The Balaban J connectivity index is 1.69. The van der Waals surface area contributed by atoms with Gasteiger partial charge in [-0.2, -0.15) is 0 Å². The molecule has 1 amide bonds. The van der Waals surface area contributed by atoms with Gasteiger partial charge in [0, 0.05) is 18.7 Å². The second-order valence-corrected chi connectivity index (χ2v) is 6.62. The highest BCUT2D eigenvalue weighted by Gasteiger charge is 2.34. The maximum Gasteiger partial charge on any atom is 0.270 e. The number of rotatable bonds is 3. The summed E-state index contributed by atoms with van der Waals surface area (Å²) < 4.78 is 0. The minimum Gasteiger partial charge on any atom is -0.340 e. The van der Waals surface area contributed by atoms with Crippen LogP contribution in [0.25, 0.3) is 11.0 Å². The fourth-order valence-electron chi connectivity index (χ4n) is 3.37. The van der Waals surface area contributed by atoms with Gasteiger partial charge in [0.05, 0.1) is 32.6 Å². The van der Waals surface area contributed by atoms with Crippen molar-refractivity contribution in [3.05, 3.63) is 69.0 Å². The van der Waals surface area contributed by atoms with Gasteiger partial charge in [0.15, 0.2) is 0 Å². The fraction of sp³-hybridized carbons (Fsp3) is 0.222. The normalized spacial score (nSPS) is 17.0. The molecule has 26 heavy (non-hydrogen) atoms. The Kier molecular flexibility index (Phi) is 4.08. The minimum atomic E-state index is -0.534. The van der Waals surface area contributed by atoms with Gasteiger partial charge in [-0.05, 0) is 31.0 Å². The molecule has 1 atom stereocenters. The maximum absolute atomic E-state index is 13.0. The van der Waals surface area contributed by atoms with Crippen molar-refractivity contribution in [2.45, 2.75) is 18.9 Å². The zero-order chi connectivity index (χ0) is 18.3. The third-order valence-corrected chi connectivity index (χ3v) is 4.96. The van der Waals surface area contributed by atoms with Gasteiger partial charge >= 0.3 is 0 Å². The molecule has 3 aromatic rings. The molecule has 0 spiro atoms. The highest BCUT2D eigenvalue weighted by atomic mass is 35.5. The number of fused-ring (bicyclic) bond motifs is 1. The van der Waals surface area contributed by atoms with Gasteiger partial charge in [-0.3, -0.25) is 14.9 Å². The van der Waals surface area contributed by atoms with Crippen LogP contribution in [0.15, 0.2) is 42.5 Å². The highest BCUT2D eigenvalue weighted by Crippen LogP contribution is 2.34. The first-order valence-corrected chi connectivity index (χ1v) is 8.62. The number of halogens is 1. The van der Waals surface area contributed by atoms with Crippen LogP contribution in [0.2, 0.25) is 5.02 Å². The Morgan fingerprint density at radius 1 is 1.31 bits per heavy atom. The number of benzene rings is 2. The van der Waals surface area contributed by atoms with Crippen molar-refractivity contribution in [2.24, 2.45) is 0 Å². The van der Waals surface area contributed by atoms with Crippen molar-refractivity contribution in [3.8, 4) is 0 Å². The molecular formula is C18H15ClN4O3. The van der Waals surface area contributed by atoms with Crippen LogP contribution in [-0.2, 0) is 0 Å². The molecule has 1 fully saturated rings. The molecule has 1 unspecified atom stereocenters. The molecule has 2 heterocycles. The van der Waals surface area contributed by atoms with Crippen LogP contribution in [0.3, 0.4) is 0 Å². The molecule has 0 saturated carbocycles. The zero-order valence-electron chi connectivity index (χ0n) is 13.7. The van der Waals surface area contributed by atoms with E-state index >= 15 is 0 Å². The van der Waals surface area contributed by atoms with Gasteiger partial charge in [0.2, 0.25) is 0 Å². The summed E-state index contributed by atoms with van der Waals surface area (Å²) in [4.78, 5) is 33.1. The van der Waals surface area contributed by atoms with Gasteiger partial charge in [0.25, 0.3) is 11.6 Å². The number of non-ortho nitro benzene ring substituents is 1. The average molecular weight is 371 g/mol. The number of nitrogens with zero attached hydrogens (tertiary/aromatic N) is 3. The van der Waals surface area contributed by atoms with Gasteiger partial charge < -0.3 is 9.88 Å². The number of carbonyl (C=O) groups excluding carboxylic acids is 1. The Morgan fingerprint density at radius 2 is 2.12 bits per heavy atom. The predicted molar refractivity (Wildman–Crippen MR) is 97.2 cm³/mol. The van der Waals surface area contributed by atoms with Gasteiger partial charge in [0.1, 0.15) is 5.82 Å². The molecule has 132 valence electrons. The molecule has 4 rings (SSSR count). The number of aromatic nitrogens is 2. The summed E-state index contributed by atoms with van der Waals surface area (Å²) in [6.07, 6.45) is 1.61. The number of nitro groups is 1.